The zero-order chi connectivity index (χ0) is 28.2. The van der Waals surface area contributed by atoms with Gasteiger partial charge >= 0.3 is 0 Å². The van der Waals surface area contributed by atoms with Crippen LogP contribution >= 0.6 is 0 Å². The number of carbonyl (C=O) groups excluding carboxylic acids is 3. The lowest BCUT2D eigenvalue weighted by Gasteiger charge is -2.68. The van der Waals surface area contributed by atoms with Crippen LogP contribution in [0.2, 0.25) is 0 Å². The van der Waals surface area contributed by atoms with Crippen LogP contribution in [0.1, 0.15) is 99.3 Å². The topological polar surface area (TPSA) is 78.2 Å². The first-order chi connectivity index (χ1) is 18.2. The van der Waals surface area contributed by atoms with E-state index >= 15 is 0 Å². The molecule has 0 spiro atoms. The van der Waals surface area contributed by atoms with Crippen molar-refractivity contribution in [2.24, 2.45) is 50.7 Å². The first kappa shape index (κ1) is 27.0. The average molecular weight is 531 g/mol. The smallest absolute Gasteiger partial charge is 0.229 e. The Hall–Kier alpha value is -2.22. The Morgan fingerprint density at radius 2 is 1.64 bits per heavy atom. The summed E-state index contributed by atoms with van der Waals surface area (Å²) >= 11 is 0. The van der Waals surface area contributed by atoms with Gasteiger partial charge in [-0.25, -0.2) is 0 Å². The maximum Gasteiger partial charge on any atom is 0.229 e. The quantitative estimate of drug-likeness (QED) is 0.391. The van der Waals surface area contributed by atoms with Gasteiger partial charge in [0.25, 0.3) is 0 Å². The van der Waals surface area contributed by atoms with E-state index in [1.165, 1.54) is 0 Å². The summed E-state index contributed by atoms with van der Waals surface area (Å²) in [6, 6.07) is 2.18. The van der Waals surface area contributed by atoms with E-state index in [4.69, 9.17) is 0 Å². The molecular weight excluding hydrogens is 484 g/mol. The number of ketones is 2. The summed E-state index contributed by atoms with van der Waals surface area (Å²) in [5, 5.41) is 9.82. The number of nitriles is 1. The van der Waals surface area contributed by atoms with Gasteiger partial charge in [-0.2, -0.15) is 5.26 Å². The van der Waals surface area contributed by atoms with Crippen molar-refractivity contribution >= 4 is 17.5 Å². The highest BCUT2D eigenvalue weighted by Gasteiger charge is 2.70. The van der Waals surface area contributed by atoms with Gasteiger partial charge in [-0.3, -0.25) is 14.4 Å². The van der Waals surface area contributed by atoms with Crippen molar-refractivity contribution in [3.05, 3.63) is 23.3 Å². The van der Waals surface area contributed by atoms with Gasteiger partial charge in [0.1, 0.15) is 6.07 Å². The Bertz CT molecular complexity index is 1250. The van der Waals surface area contributed by atoms with E-state index in [1.807, 2.05) is 19.1 Å². The molecule has 0 bridgehead atoms. The first-order valence-electron chi connectivity index (χ1n) is 15.5. The number of Topliss-reactive ketones (excluding diaryl/α,β-unsaturated/α-hetero) is 1. The fourth-order valence-electron chi connectivity index (χ4n) is 10.9. The number of hydrogen-bond acceptors (Lipinski definition) is 4. The molecule has 39 heavy (non-hydrogen) atoms. The zero-order valence-corrected chi connectivity index (χ0v) is 24.9. The minimum absolute atomic E-state index is 0.0530. The lowest BCUT2D eigenvalue weighted by atomic mass is 9.34. The third-order valence-corrected chi connectivity index (χ3v) is 13.3. The predicted octanol–water partition coefficient (Wildman–Crippen LogP) is 6.44. The summed E-state index contributed by atoms with van der Waals surface area (Å²) in [4.78, 5) is 43.9. The van der Waals surface area contributed by atoms with E-state index in [9.17, 15) is 19.6 Å². The normalized spacial score (nSPS) is 46.6. The molecule has 4 fully saturated rings. The van der Waals surface area contributed by atoms with Crippen molar-refractivity contribution < 1.29 is 14.4 Å². The molecule has 1 saturated heterocycles. The second kappa shape index (κ2) is 8.40. The molecule has 8 atom stereocenters. The number of fused-ring (bicyclic) bond motifs is 7. The number of nitrogens with zero attached hydrogens (tertiary/aromatic N) is 2. The summed E-state index contributed by atoms with van der Waals surface area (Å²) in [7, 11) is 0. The summed E-state index contributed by atoms with van der Waals surface area (Å²) in [6.07, 6.45) is 12.5. The molecule has 0 aromatic rings. The van der Waals surface area contributed by atoms with Crippen molar-refractivity contribution in [2.75, 3.05) is 13.1 Å². The zero-order valence-electron chi connectivity index (χ0n) is 24.9. The van der Waals surface area contributed by atoms with Crippen molar-refractivity contribution in [3.8, 4) is 6.07 Å². The van der Waals surface area contributed by atoms with Gasteiger partial charge < -0.3 is 4.90 Å². The maximum absolute atomic E-state index is 14.5. The molecule has 5 heteroatoms. The highest BCUT2D eigenvalue weighted by molar-refractivity contribution is 6.02. The molecule has 6 aliphatic rings. The van der Waals surface area contributed by atoms with Crippen LogP contribution in [0.25, 0.3) is 0 Å². The maximum atomic E-state index is 14.5. The third kappa shape index (κ3) is 3.39. The molecule has 6 rings (SSSR count). The van der Waals surface area contributed by atoms with Crippen molar-refractivity contribution in [1.82, 2.24) is 4.90 Å². The fourth-order valence-corrected chi connectivity index (χ4v) is 10.9. The largest absolute Gasteiger partial charge is 0.342 e. The number of amides is 1. The molecule has 1 heterocycles. The number of rotatable bonds is 1. The summed E-state index contributed by atoms with van der Waals surface area (Å²) in [6.45, 7) is 15.2. The average Bonchev–Trinajstić information content (AvgIpc) is 3.42. The number of allylic oxidation sites excluding steroid dienone is 4. The van der Waals surface area contributed by atoms with Crippen LogP contribution in [0.4, 0.5) is 0 Å². The molecule has 0 N–H and O–H groups in total. The van der Waals surface area contributed by atoms with E-state index < -0.39 is 10.8 Å². The third-order valence-electron chi connectivity index (χ3n) is 13.3. The standard InChI is InChI=1S/C34H46N2O3/c1-21-23-9-10-32(5)26(31(23,4)18-22(20-35)28(21)38)17-25(37)27-24-19-30(2,3)11-13-34(24,14-12-33(27,32)6)29(39)36-15-7-8-16-36/h17-18,21,23-24,27H,7-16,19H2,1-6H3. The molecule has 0 aromatic carbocycles. The molecule has 0 radical (unpaired) electrons. The molecule has 210 valence electrons. The highest BCUT2D eigenvalue weighted by Crippen LogP contribution is 2.74. The van der Waals surface area contributed by atoms with Crippen molar-refractivity contribution in [3.63, 3.8) is 0 Å². The molecule has 5 aliphatic carbocycles. The van der Waals surface area contributed by atoms with Crippen LogP contribution < -0.4 is 0 Å². The summed E-state index contributed by atoms with van der Waals surface area (Å²) in [5.74, 6) is 0.213. The van der Waals surface area contributed by atoms with Gasteiger partial charge in [-0.15, -0.1) is 0 Å². The van der Waals surface area contributed by atoms with Gasteiger partial charge in [0.05, 0.1) is 11.0 Å². The second-order valence-electron chi connectivity index (χ2n) is 15.6. The fraction of sp³-hybridized carbons (Fsp3) is 0.765. The van der Waals surface area contributed by atoms with Crippen LogP contribution in [0, 0.1) is 62.1 Å². The SMILES string of the molecule is CC1C(=O)C(C#N)=CC2(C)C3=CC(=O)C4C5CC(C)(C)CCC5(C(=O)N5CCCC5)CCC4(C)C3(C)CCC12. The van der Waals surface area contributed by atoms with Crippen LogP contribution in [-0.4, -0.2) is 35.5 Å². The van der Waals surface area contributed by atoms with Gasteiger partial charge in [-0.1, -0.05) is 53.2 Å². The Morgan fingerprint density at radius 3 is 2.31 bits per heavy atom. The highest BCUT2D eigenvalue weighted by atomic mass is 16.2. The van der Waals surface area contributed by atoms with Crippen molar-refractivity contribution in [1.29, 1.82) is 5.26 Å². The van der Waals surface area contributed by atoms with E-state index in [-0.39, 0.29) is 57.1 Å². The monoisotopic (exact) mass is 530 g/mol. The van der Waals surface area contributed by atoms with E-state index in [0.29, 0.717) is 5.91 Å². The van der Waals surface area contributed by atoms with Crippen LogP contribution in [0.5, 0.6) is 0 Å². The molecule has 1 amide bonds. The van der Waals surface area contributed by atoms with Crippen molar-refractivity contribution in [2.45, 2.75) is 99.3 Å². The predicted molar refractivity (Wildman–Crippen MR) is 150 cm³/mol. The van der Waals surface area contributed by atoms with Crippen LogP contribution in [0.15, 0.2) is 23.3 Å². The molecule has 0 aromatic heterocycles. The van der Waals surface area contributed by atoms with E-state index in [2.05, 4.69) is 45.6 Å². The minimum Gasteiger partial charge on any atom is -0.342 e. The molecular formula is C34H46N2O3. The van der Waals surface area contributed by atoms with Gasteiger partial charge in [-0.05, 0) is 91.9 Å². The molecule has 5 nitrogen and oxygen atoms in total. The number of likely N-dealkylation sites (tertiary alicyclic amines) is 1. The Balaban J connectivity index is 1.49. The van der Waals surface area contributed by atoms with E-state index in [0.717, 1.165) is 76.5 Å². The minimum atomic E-state index is -0.485. The lowest BCUT2D eigenvalue weighted by Crippen LogP contribution is -2.66. The summed E-state index contributed by atoms with van der Waals surface area (Å²) < 4.78 is 0. The lowest BCUT2D eigenvalue weighted by molar-refractivity contribution is -0.183. The Labute approximate surface area is 234 Å². The Morgan fingerprint density at radius 1 is 0.974 bits per heavy atom. The summed E-state index contributed by atoms with van der Waals surface area (Å²) in [5.41, 5.74) is 0.0901. The molecule has 8 unspecified atom stereocenters. The first-order valence-corrected chi connectivity index (χ1v) is 15.5. The second-order valence-corrected chi connectivity index (χ2v) is 15.6. The van der Waals surface area contributed by atoms with Gasteiger partial charge in [0.2, 0.25) is 5.91 Å². The van der Waals surface area contributed by atoms with Crippen LogP contribution in [0.3, 0.4) is 0 Å². The number of hydrogen-bond donors (Lipinski definition) is 0. The Kier molecular flexibility index (Phi) is 5.81. The number of carbonyl (C=O) groups is 3. The van der Waals surface area contributed by atoms with Crippen LogP contribution in [-0.2, 0) is 14.4 Å². The molecule has 1 aliphatic heterocycles. The van der Waals surface area contributed by atoms with Gasteiger partial charge in [0, 0.05) is 30.3 Å². The molecule has 3 saturated carbocycles. The van der Waals surface area contributed by atoms with E-state index in [1.54, 1.807) is 0 Å². The van der Waals surface area contributed by atoms with Gasteiger partial charge in [0.15, 0.2) is 11.6 Å².